The smallest absolute Gasteiger partial charge is 0.550 e. The number of aliphatic carboxylic acids is 2. The Morgan fingerprint density at radius 3 is 0.595 bits per heavy atom. The molecule has 6 heteroatoms. The number of rotatable bonds is 32. The van der Waals surface area contributed by atoms with Gasteiger partial charge in [0.15, 0.2) is 0 Å². The van der Waals surface area contributed by atoms with Gasteiger partial charge in [-0.15, -0.1) is 0 Å². The van der Waals surface area contributed by atoms with E-state index in [4.69, 9.17) is 0 Å². The third-order valence-electron chi connectivity index (χ3n) is 7.97. The van der Waals surface area contributed by atoms with Crippen molar-refractivity contribution in [3.05, 3.63) is 0 Å². The van der Waals surface area contributed by atoms with Gasteiger partial charge in [0, 0.05) is 11.9 Å². The van der Waals surface area contributed by atoms with Crippen molar-refractivity contribution in [1.29, 1.82) is 0 Å². The molecule has 0 atom stereocenters. The SMILES string of the molecule is CCCCCCCCCCCCCCCCCC(=O)[O-].CCCCCCCCCCCCCCCCCC(=O)[O-].[Ba+2].[Ba+2]. The van der Waals surface area contributed by atoms with E-state index in [0.717, 1.165) is 25.7 Å². The Kier molecular flexibility index (Phi) is 57.6. The van der Waals surface area contributed by atoms with E-state index in [2.05, 4.69) is 13.8 Å². The second-order valence-corrected chi connectivity index (χ2v) is 12.1. The minimum Gasteiger partial charge on any atom is -0.550 e. The summed E-state index contributed by atoms with van der Waals surface area (Å²) in [6, 6.07) is 0. The molecule has 4 nitrogen and oxygen atoms in total. The summed E-state index contributed by atoms with van der Waals surface area (Å²) in [6.45, 7) is 4.53. The number of unbranched alkanes of at least 4 members (excludes halogenated alkanes) is 28. The first-order valence-electron chi connectivity index (χ1n) is 17.9. The van der Waals surface area contributed by atoms with Crippen LogP contribution in [0.3, 0.4) is 0 Å². The summed E-state index contributed by atoms with van der Waals surface area (Å²) in [4.78, 5) is 20.4. The molecular weight excluding hydrogens is 771 g/mol. The molecule has 0 N–H and O–H groups in total. The molecule has 0 amide bonds. The fourth-order valence-electron chi connectivity index (χ4n) is 5.28. The van der Waals surface area contributed by atoms with Crippen molar-refractivity contribution in [1.82, 2.24) is 0 Å². The molecule has 240 valence electrons. The first kappa shape index (κ1) is 50.9. The topological polar surface area (TPSA) is 80.3 Å². The molecule has 0 saturated heterocycles. The molecule has 0 aromatic carbocycles. The second-order valence-electron chi connectivity index (χ2n) is 12.1. The quantitative estimate of drug-likeness (QED) is 0.0500. The Morgan fingerprint density at radius 2 is 0.452 bits per heavy atom. The minimum absolute atomic E-state index is 0. The summed E-state index contributed by atoms with van der Waals surface area (Å²) in [5, 5.41) is 20.4. The predicted molar refractivity (Wildman–Crippen MR) is 181 cm³/mol. The van der Waals surface area contributed by atoms with E-state index < -0.39 is 11.9 Å². The Morgan fingerprint density at radius 1 is 0.310 bits per heavy atom. The van der Waals surface area contributed by atoms with E-state index in [0.29, 0.717) is 0 Å². The molecule has 0 aromatic heterocycles. The van der Waals surface area contributed by atoms with Crippen molar-refractivity contribution >= 4 is 110 Å². The fraction of sp³-hybridized carbons (Fsp3) is 0.944. The van der Waals surface area contributed by atoms with Crippen LogP contribution in [0.4, 0.5) is 0 Å². The summed E-state index contributed by atoms with van der Waals surface area (Å²) < 4.78 is 0. The molecule has 0 heterocycles. The predicted octanol–water partition coefficient (Wildman–Crippen LogP) is 9.23. The summed E-state index contributed by atoms with van der Waals surface area (Å²) in [5.41, 5.74) is 0. The number of carboxylic acids is 2. The third-order valence-corrected chi connectivity index (χ3v) is 7.97. The van der Waals surface area contributed by atoms with Gasteiger partial charge in [0.2, 0.25) is 0 Å². The maximum atomic E-state index is 10.2. The summed E-state index contributed by atoms with van der Waals surface area (Å²) >= 11 is 0. The number of hydrogen-bond acceptors (Lipinski definition) is 4. The van der Waals surface area contributed by atoms with Crippen LogP contribution in [0.2, 0.25) is 0 Å². The van der Waals surface area contributed by atoms with E-state index >= 15 is 0 Å². The van der Waals surface area contributed by atoms with Crippen molar-refractivity contribution < 1.29 is 19.8 Å². The number of carbonyl (C=O) groups excluding carboxylic acids is 2. The molecule has 0 fully saturated rings. The molecule has 0 spiro atoms. The molecular formula is C36H70Ba2O4+2. The van der Waals surface area contributed by atoms with Crippen molar-refractivity contribution in [3.63, 3.8) is 0 Å². The van der Waals surface area contributed by atoms with Gasteiger partial charge in [-0.2, -0.15) is 0 Å². The van der Waals surface area contributed by atoms with Gasteiger partial charge in [0.1, 0.15) is 0 Å². The summed E-state index contributed by atoms with van der Waals surface area (Å²) in [6.07, 6.45) is 39.7. The van der Waals surface area contributed by atoms with Crippen LogP contribution in [0.25, 0.3) is 0 Å². The Balaban J connectivity index is -0.000000328. The van der Waals surface area contributed by atoms with Crippen molar-refractivity contribution in [2.45, 2.75) is 219 Å². The van der Waals surface area contributed by atoms with Crippen LogP contribution in [-0.2, 0) is 9.59 Å². The van der Waals surface area contributed by atoms with E-state index in [1.54, 1.807) is 0 Å². The van der Waals surface area contributed by atoms with Gasteiger partial charge >= 0.3 is 97.8 Å². The zero-order valence-corrected chi connectivity index (χ0v) is 37.6. The first-order valence-corrected chi connectivity index (χ1v) is 17.9. The minimum atomic E-state index is -0.903. The number of hydrogen-bond donors (Lipinski definition) is 0. The van der Waals surface area contributed by atoms with Gasteiger partial charge in [-0.25, -0.2) is 0 Å². The molecule has 0 bridgehead atoms. The van der Waals surface area contributed by atoms with Crippen LogP contribution in [0, 0.1) is 0 Å². The Bertz CT molecular complexity index is 459. The zero-order valence-electron chi connectivity index (χ0n) is 28.7. The van der Waals surface area contributed by atoms with Gasteiger partial charge in [0.05, 0.1) is 0 Å². The average molecular weight is 842 g/mol. The van der Waals surface area contributed by atoms with Crippen LogP contribution in [0.1, 0.15) is 219 Å². The van der Waals surface area contributed by atoms with Crippen molar-refractivity contribution in [2.75, 3.05) is 0 Å². The van der Waals surface area contributed by atoms with Crippen LogP contribution in [-0.4, -0.2) is 110 Å². The van der Waals surface area contributed by atoms with Gasteiger partial charge in [0.25, 0.3) is 0 Å². The van der Waals surface area contributed by atoms with E-state index in [-0.39, 0.29) is 111 Å². The Labute approximate surface area is 344 Å². The zero-order chi connectivity index (χ0) is 29.8. The monoisotopic (exact) mass is 842 g/mol. The van der Waals surface area contributed by atoms with E-state index in [1.807, 2.05) is 0 Å². The van der Waals surface area contributed by atoms with Gasteiger partial charge in [-0.05, 0) is 25.7 Å². The maximum absolute atomic E-state index is 10.2. The first-order chi connectivity index (χ1) is 19.5. The molecule has 0 saturated carbocycles. The van der Waals surface area contributed by atoms with E-state index in [9.17, 15) is 19.8 Å². The Hall–Kier alpha value is 2.08. The van der Waals surface area contributed by atoms with Crippen LogP contribution >= 0.6 is 0 Å². The van der Waals surface area contributed by atoms with E-state index in [1.165, 1.54) is 167 Å². The normalized spacial score (nSPS) is 10.3. The standard InChI is InChI=1S/2C18H36O2.2Ba/c2*1-2-3-4-5-6-7-8-9-10-11-12-13-14-15-16-17-18(19)20;;/h2*2-17H2,1H3,(H,19,20);;/q;;2*+2/p-2. The van der Waals surface area contributed by atoms with Crippen LogP contribution in [0.15, 0.2) is 0 Å². The van der Waals surface area contributed by atoms with Crippen molar-refractivity contribution in [2.24, 2.45) is 0 Å². The third kappa shape index (κ3) is 54.6. The van der Waals surface area contributed by atoms with Gasteiger partial charge < -0.3 is 19.8 Å². The number of carbonyl (C=O) groups is 2. The van der Waals surface area contributed by atoms with Crippen LogP contribution in [0.5, 0.6) is 0 Å². The van der Waals surface area contributed by atoms with Gasteiger partial charge in [-0.1, -0.05) is 194 Å². The second kappa shape index (κ2) is 47.5. The summed E-state index contributed by atoms with van der Waals surface area (Å²) in [5.74, 6) is -1.81. The molecule has 42 heavy (non-hydrogen) atoms. The molecule has 0 aromatic rings. The molecule has 0 aliphatic rings. The molecule has 0 aliphatic carbocycles. The average Bonchev–Trinajstić information content (AvgIpc) is 2.93. The largest absolute Gasteiger partial charge is 2.00 e. The molecule has 0 aliphatic heterocycles. The van der Waals surface area contributed by atoms with Gasteiger partial charge in [-0.3, -0.25) is 0 Å². The molecule has 0 unspecified atom stereocenters. The van der Waals surface area contributed by atoms with Crippen molar-refractivity contribution in [3.8, 4) is 0 Å². The summed E-state index contributed by atoms with van der Waals surface area (Å²) in [7, 11) is 0. The molecule has 0 rings (SSSR count). The maximum Gasteiger partial charge on any atom is 2.00 e. The van der Waals surface area contributed by atoms with Crippen LogP contribution < -0.4 is 10.2 Å². The number of carboxylic acid groups (broad SMARTS) is 2. The fourth-order valence-corrected chi connectivity index (χ4v) is 5.28. The molecule has 0 radical (unpaired) electrons.